The van der Waals surface area contributed by atoms with Crippen molar-refractivity contribution >= 4 is 17.2 Å². The highest BCUT2D eigenvalue weighted by molar-refractivity contribution is 5.92. The Kier molecular flexibility index (Phi) is 3.14. The van der Waals surface area contributed by atoms with Crippen molar-refractivity contribution in [3.8, 4) is 0 Å². The summed E-state index contributed by atoms with van der Waals surface area (Å²) in [4.78, 5) is 26.5. The van der Waals surface area contributed by atoms with Gasteiger partial charge in [-0.15, -0.1) is 0 Å². The number of carbonyl (C=O) groups excluding carboxylic acids is 1. The molecule has 1 aliphatic heterocycles. The molecule has 4 rings (SSSR count). The average Bonchev–Trinajstić information content (AvgIpc) is 2.91. The number of nitrogens with one attached hydrogen (secondary N) is 1. The molecule has 0 radical (unpaired) electrons. The molecule has 0 bridgehead atoms. The molecule has 1 fully saturated rings. The molecule has 1 amide bonds. The van der Waals surface area contributed by atoms with Crippen LogP contribution in [0.2, 0.25) is 0 Å². The molecule has 3 aromatic heterocycles. The van der Waals surface area contributed by atoms with Crippen LogP contribution in [0.3, 0.4) is 0 Å². The van der Waals surface area contributed by atoms with Gasteiger partial charge in [0.05, 0.1) is 17.9 Å². The molecule has 4 heterocycles. The van der Waals surface area contributed by atoms with E-state index in [-0.39, 0.29) is 11.9 Å². The summed E-state index contributed by atoms with van der Waals surface area (Å²) in [5, 5.41) is 7.34. The summed E-state index contributed by atoms with van der Waals surface area (Å²) in [6.45, 7) is 3.38. The Balaban J connectivity index is 1.44. The van der Waals surface area contributed by atoms with Crippen LogP contribution in [-0.4, -0.2) is 49.6 Å². The number of aromatic nitrogens is 5. The van der Waals surface area contributed by atoms with Crippen molar-refractivity contribution in [1.82, 2.24) is 29.9 Å². The number of fused-ring (bicyclic) bond motifs is 1. The molecule has 8 nitrogen and oxygen atoms in total. The molecule has 0 spiro atoms. The molecule has 23 heavy (non-hydrogen) atoms. The Morgan fingerprint density at radius 1 is 1.26 bits per heavy atom. The largest absolute Gasteiger partial charge is 0.351 e. The number of hydrogen-bond acceptors (Lipinski definition) is 6. The monoisotopic (exact) mass is 309 g/mol. The predicted octanol–water partition coefficient (Wildman–Crippen LogP) is 0.446. The Bertz CT molecular complexity index is 855. The normalized spacial score (nSPS) is 14.7. The van der Waals surface area contributed by atoms with Gasteiger partial charge in [0.1, 0.15) is 11.2 Å². The zero-order chi connectivity index (χ0) is 15.8. The lowest BCUT2D eigenvalue weighted by molar-refractivity contribution is 0.0924. The van der Waals surface area contributed by atoms with Crippen LogP contribution >= 0.6 is 0 Å². The Morgan fingerprint density at radius 3 is 2.91 bits per heavy atom. The molecule has 1 aliphatic rings. The zero-order valence-electron chi connectivity index (χ0n) is 12.5. The third-order valence-electron chi connectivity index (χ3n) is 3.80. The summed E-state index contributed by atoms with van der Waals surface area (Å²) in [6, 6.07) is 2.09. The summed E-state index contributed by atoms with van der Waals surface area (Å²) >= 11 is 0. The van der Waals surface area contributed by atoms with Gasteiger partial charge in [-0.3, -0.25) is 9.78 Å². The first-order chi connectivity index (χ1) is 11.2. The molecule has 0 unspecified atom stereocenters. The highest BCUT2D eigenvalue weighted by Gasteiger charge is 2.30. The van der Waals surface area contributed by atoms with E-state index in [0.717, 1.165) is 17.0 Å². The first kappa shape index (κ1) is 13.6. The quantitative estimate of drug-likeness (QED) is 0.755. The maximum absolute atomic E-state index is 12.0. The van der Waals surface area contributed by atoms with E-state index < -0.39 is 0 Å². The van der Waals surface area contributed by atoms with Crippen LogP contribution in [0.1, 0.15) is 16.2 Å². The number of aryl methyl sites for hydroxylation is 1. The third kappa shape index (κ3) is 2.48. The fourth-order valence-corrected chi connectivity index (χ4v) is 2.69. The molecule has 116 valence electrons. The van der Waals surface area contributed by atoms with Crippen LogP contribution < -0.4 is 10.2 Å². The molecule has 0 saturated carbocycles. The van der Waals surface area contributed by atoms with Crippen molar-refractivity contribution in [2.75, 3.05) is 18.0 Å². The lowest BCUT2D eigenvalue weighted by Crippen LogP contribution is -2.59. The summed E-state index contributed by atoms with van der Waals surface area (Å²) in [5.74, 6) is 0.687. The van der Waals surface area contributed by atoms with E-state index in [1.54, 1.807) is 12.4 Å². The standard InChI is InChI=1S/C15H15N7O/c1-10-6-13-14(18-4-5-22(13)20-10)21-8-11(9-21)19-15(23)12-7-16-2-3-17-12/h2-7,11H,8-9H2,1H3,(H,19,23). The van der Waals surface area contributed by atoms with E-state index in [1.165, 1.54) is 12.4 Å². The molecule has 0 atom stereocenters. The fourth-order valence-electron chi connectivity index (χ4n) is 2.69. The molecule has 0 aliphatic carbocycles. The maximum atomic E-state index is 12.0. The zero-order valence-corrected chi connectivity index (χ0v) is 12.5. The number of nitrogens with zero attached hydrogens (tertiary/aromatic N) is 6. The van der Waals surface area contributed by atoms with Gasteiger partial charge in [-0.05, 0) is 13.0 Å². The molecule has 1 N–H and O–H groups in total. The van der Waals surface area contributed by atoms with E-state index in [0.29, 0.717) is 18.8 Å². The summed E-state index contributed by atoms with van der Waals surface area (Å²) < 4.78 is 1.82. The smallest absolute Gasteiger partial charge is 0.271 e. The maximum Gasteiger partial charge on any atom is 0.271 e. The average molecular weight is 309 g/mol. The summed E-state index contributed by atoms with van der Waals surface area (Å²) in [5.41, 5.74) is 2.26. The minimum atomic E-state index is -0.200. The Morgan fingerprint density at radius 2 is 2.13 bits per heavy atom. The second kappa shape index (κ2) is 5.31. The molecule has 3 aromatic rings. The van der Waals surface area contributed by atoms with Gasteiger partial charge in [0, 0.05) is 37.9 Å². The number of amides is 1. The SMILES string of the molecule is Cc1cc2c(N3CC(NC(=O)c4cnccn4)C3)nccn2n1. The summed E-state index contributed by atoms with van der Waals surface area (Å²) in [6.07, 6.45) is 8.08. The summed E-state index contributed by atoms with van der Waals surface area (Å²) in [7, 11) is 0. The molecular weight excluding hydrogens is 294 g/mol. The van der Waals surface area contributed by atoms with Crippen LogP contribution in [0.4, 0.5) is 5.82 Å². The van der Waals surface area contributed by atoms with Crippen LogP contribution in [0, 0.1) is 6.92 Å². The second-order valence-corrected chi connectivity index (χ2v) is 5.53. The van der Waals surface area contributed by atoms with Crippen LogP contribution in [-0.2, 0) is 0 Å². The molecule has 1 saturated heterocycles. The number of carbonyl (C=O) groups is 1. The lowest BCUT2D eigenvalue weighted by atomic mass is 10.1. The van der Waals surface area contributed by atoms with E-state index in [4.69, 9.17) is 0 Å². The van der Waals surface area contributed by atoms with Gasteiger partial charge >= 0.3 is 0 Å². The first-order valence-electron chi connectivity index (χ1n) is 7.33. The Labute approximate surface area is 132 Å². The van der Waals surface area contributed by atoms with Gasteiger partial charge in [0.15, 0.2) is 5.82 Å². The lowest BCUT2D eigenvalue weighted by Gasteiger charge is -2.40. The van der Waals surface area contributed by atoms with Crippen LogP contribution in [0.25, 0.3) is 5.52 Å². The van der Waals surface area contributed by atoms with E-state index in [1.807, 2.05) is 23.7 Å². The van der Waals surface area contributed by atoms with Gasteiger partial charge in [0.2, 0.25) is 0 Å². The number of hydrogen-bond donors (Lipinski definition) is 1. The minimum absolute atomic E-state index is 0.0792. The molecule has 8 heteroatoms. The second-order valence-electron chi connectivity index (χ2n) is 5.53. The third-order valence-corrected chi connectivity index (χ3v) is 3.80. The van der Waals surface area contributed by atoms with E-state index >= 15 is 0 Å². The molecule has 0 aromatic carbocycles. The van der Waals surface area contributed by atoms with Crippen LogP contribution in [0.5, 0.6) is 0 Å². The Hall–Kier alpha value is -3.03. The first-order valence-corrected chi connectivity index (χ1v) is 7.33. The van der Waals surface area contributed by atoms with E-state index in [2.05, 4.69) is 30.3 Å². The van der Waals surface area contributed by atoms with E-state index in [9.17, 15) is 4.79 Å². The van der Waals surface area contributed by atoms with Crippen molar-refractivity contribution < 1.29 is 4.79 Å². The van der Waals surface area contributed by atoms with Gasteiger partial charge in [-0.25, -0.2) is 14.5 Å². The number of rotatable bonds is 3. The number of anilines is 1. The minimum Gasteiger partial charge on any atom is -0.351 e. The van der Waals surface area contributed by atoms with Crippen molar-refractivity contribution in [3.63, 3.8) is 0 Å². The fraction of sp³-hybridized carbons (Fsp3) is 0.267. The van der Waals surface area contributed by atoms with Gasteiger partial charge in [0.25, 0.3) is 5.91 Å². The van der Waals surface area contributed by atoms with Crippen molar-refractivity contribution in [2.45, 2.75) is 13.0 Å². The van der Waals surface area contributed by atoms with Gasteiger partial charge < -0.3 is 10.2 Å². The van der Waals surface area contributed by atoms with Crippen LogP contribution in [0.15, 0.2) is 37.1 Å². The predicted molar refractivity (Wildman–Crippen MR) is 83.2 cm³/mol. The van der Waals surface area contributed by atoms with Gasteiger partial charge in [-0.1, -0.05) is 0 Å². The van der Waals surface area contributed by atoms with Crippen molar-refractivity contribution in [1.29, 1.82) is 0 Å². The highest BCUT2D eigenvalue weighted by atomic mass is 16.2. The van der Waals surface area contributed by atoms with Gasteiger partial charge in [-0.2, -0.15) is 5.10 Å². The van der Waals surface area contributed by atoms with Crippen molar-refractivity contribution in [3.05, 3.63) is 48.4 Å². The van der Waals surface area contributed by atoms with Crippen molar-refractivity contribution in [2.24, 2.45) is 0 Å². The highest BCUT2D eigenvalue weighted by Crippen LogP contribution is 2.24. The topological polar surface area (TPSA) is 88.3 Å². The molecular formula is C15H15N7O.